The lowest BCUT2D eigenvalue weighted by Gasteiger charge is -2.10. The van der Waals surface area contributed by atoms with E-state index in [2.05, 4.69) is 36.2 Å². The van der Waals surface area contributed by atoms with Gasteiger partial charge in [-0.2, -0.15) is 0 Å². The predicted octanol–water partition coefficient (Wildman–Crippen LogP) is 6.29. The molecule has 0 amide bonds. The van der Waals surface area contributed by atoms with Crippen molar-refractivity contribution in [1.82, 2.24) is 0 Å². The molecule has 0 atom stereocenters. The topological polar surface area (TPSA) is 21.6 Å². The number of para-hydroxylation sites is 1. The number of hydrogen-bond donors (Lipinski definition) is 0. The molecule has 0 fully saturated rings. The molecule has 0 aliphatic heterocycles. The first kappa shape index (κ1) is 17.2. The van der Waals surface area contributed by atoms with Crippen LogP contribution in [0.1, 0.15) is 22.3 Å². The van der Waals surface area contributed by atoms with Gasteiger partial charge in [-0.1, -0.05) is 59.6 Å². The standard InChI is InChI=1S/C22H20ClNO/c1-16-7-9-18(10-8-16)15-25-22-12-11-20(23)13-19(22)14-24-21-6-4-3-5-17(21)2/h3-14H,15H2,1-2H3. The number of nitrogens with zero attached hydrogens (tertiary/aromatic N) is 1. The van der Waals surface area contributed by atoms with E-state index in [0.29, 0.717) is 11.6 Å². The fourth-order valence-corrected chi connectivity index (χ4v) is 2.62. The highest BCUT2D eigenvalue weighted by molar-refractivity contribution is 6.30. The van der Waals surface area contributed by atoms with Crippen molar-refractivity contribution in [2.24, 2.45) is 4.99 Å². The predicted molar refractivity (Wildman–Crippen MR) is 105 cm³/mol. The first-order valence-electron chi connectivity index (χ1n) is 8.19. The van der Waals surface area contributed by atoms with Crippen LogP contribution in [0.5, 0.6) is 5.75 Å². The number of ether oxygens (including phenoxy) is 1. The van der Waals surface area contributed by atoms with E-state index in [1.807, 2.05) is 49.4 Å². The van der Waals surface area contributed by atoms with Gasteiger partial charge in [0.25, 0.3) is 0 Å². The summed E-state index contributed by atoms with van der Waals surface area (Å²) in [6.07, 6.45) is 1.80. The number of halogens is 1. The van der Waals surface area contributed by atoms with Gasteiger partial charge in [0.1, 0.15) is 12.4 Å². The van der Waals surface area contributed by atoms with Crippen molar-refractivity contribution < 1.29 is 4.74 Å². The van der Waals surface area contributed by atoms with Gasteiger partial charge in [-0.15, -0.1) is 0 Å². The summed E-state index contributed by atoms with van der Waals surface area (Å²) in [5.74, 6) is 0.766. The van der Waals surface area contributed by atoms with E-state index in [1.165, 1.54) is 5.56 Å². The van der Waals surface area contributed by atoms with E-state index >= 15 is 0 Å². The van der Waals surface area contributed by atoms with Crippen molar-refractivity contribution in [1.29, 1.82) is 0 Å². The number of aliphatic imine (C=N–C) groups is 1. The summed E-state index contributed by atoms with van der Waals surface area (Å²) in [6, 6.07) is 21.9. The quantitative estimate of drug-likeness (QED) is 0.496. The zero-order valence-electron chi connectivity index (χ0n) is 14.4. The maximum Gasteiger partial charge on any atom is 0.128 e. The van der Waals surface area contributed by atoms with Crippen molar-refractivity contribution in [2.75, 3.05) is 0 Å². The lowest BCUT2D eigenvalue weighted by atomic mass is 10.1. The first-order valence-corrected chi connectivity index (χ1v) is 8.57. The summed E-state index contributed by atoms with van der Waals surface area (Å²) in [6.45, 7) is 4.62. The van der Waals surface area contributed by atoms with Gasteiger partial charge in [-0.25, -0.2) is 0 Å². The van der Waals surface area contributed by atoms with Gasteiger partial charge in [0.05, 0.1) is 5.69 Å². The van der Waals surface area contributed by atoms with Crippen LogP contribution in [0, 0.1) is 13.8 Å². The van der Waals surface area contributed by atoms with Crippen molar-refractivity contribution in [3.05, 3.63) is 94.0 Å². The van der Waals surface area contributed by atoms with E-state index in [4.69, 9.17) is 16.3 Å². The highest BCUT2D eigenvalue weighted by Gasteiger charge is 2.04. The van der Waals surface area contributed by atoms with Crippen LogP contribution >= 0.6 is 11.6 Å². The summed E-state index contributed by atoms with van der Waals surface area (Å²) >= 11 is 6.15. The van der Waals surface area contributed by atoms with Gasteiger partial charge in [0.2, 0.25) is 0 Å². The molecule has 3 aromatic carbocycles. The van der Waals surface area contributed by atoms with Crippen LogP contribution < -0.4 is 4.74 Å². The highest BCUT2D eigenvalue weighted by atomic mass is 35.5. The van der Waals surface area contributed by atoms with Gasteiger partial charge < -0.3 is 4.74 Å². The largest absolute Gasteiger partial charge is 0.488 e. The number of aryl methyl sites for hydroxylation is 2. The second-order valence-corrected chi connectivity index (χ2v) is 6.44. The van der Waals surface area contributed by atoms with Gasteiger partial charge in [0, 0.05) is 16.8 Å². The molecule has 0 saturated carbocycles. The van der Waals surface area contributed by atoms with E-state index in [9.17, 15) is 0 Å². The number of hydrogen-bond acceptors (Lipinski definition) is 2. The summed E-state index contributed by atoms with van der Waals surface area (Å²) in [4.78, 5) is 4.58. The average Bonchev–Trinajstić information content (AvgIpc) is 2.61. The van der Waals surface area contributed by atoms with Gasteiger partial charge in [-0.05, 0) is 49.2 Å². The third-order valence-electron chi connectivity index (χ3n) is 3.94. The zero-order chi connectivity index (χ0) is 17.6. The molecule has 0 saturated heterocycles. The summed E-state index contributed by atoms with van der Waals surface area (Å²) in [5, 5.41) is 0.661. The number of benzene rings is 3. The molecule has 0 spiro atoms. The lowest BCUT2D eigenvalue weighted by molar-refractivity contribution is 0.306. The minimum atomic E-state index is 0.507. The van der Waals surface area contributed by atoms with Crippen LogP contribution in [0.3, 0.4) is 0 Å². The number of rotatable bonds is 5. The molecule has 3 aromatic rings. The lowest BCUT2D eigenvalue weighted by Crippen LogP contribution is -1.98. The smallest absolute Gasteiger partial charge is 0.128 e. The third kappa shape index (κ3) is 4.71. The van der Waals surface area contributed by atoms with E-state index in [1.54, 1.807) is 6.21 Å². The Morgan fingerprint density at radius 3 is 2.48 bits per heavy atom. The molecule has 2 nitrogen and oxygen atoms in total. The van der Waals surface area contributed by atoms with Gasteiger partial charge in [-0.3, -0.25) is 4.99 Å². The van der Waals surface area contributed by atoms with Crippen LogP contribution in [0.25, 0.3) is 0 Å². The molecule has 0 aliphatic carbocycles. The van der Waals surface area contributed by atoms with E-state index in [0.717, 1.165) is 28.1 Å². The molecule has 0 N–H and O–H groups in total. The Bertz CT molecular complexity index is 885. The van der Waals surface area contributed by atoms with Crippen molar-refractivity contribution in [3.63, 3.8) is 0 Å². The average molecular weight is 350 g/mol. The molecule has 3 rings (SSSR count). The normalized spacial score (nSPS) is 11.0. The highest BCUT2D eigenvalue weighted by Crippen LogP contribution is 2.24. The van der Waals surface area contributed by atoms with Crippen molar-refractivity contribution in [2.45, 2.75) is 20.5 Å². The summed E-state index contributed by atoms with van der Waals surface area (Å²) in [7, 11) is 0. The fraction of sp³-hybridized carbons (Fsp3) is 0.136. The van der Waals surface area contributed by atoms with E-state index in [-0.39, 0.29) is 0 Å². The molecule has 25 heavy (non-hydrogen) atoms. The maximum absolute atomic E-state index is 6.15. The molecule has 0 bridgehead atoms. The van der Waals surface area contributed by atoms with E-state index < -0.39 is 0 Å². The Morgan fingerprint density at radius 1 is 0.960 bits per heavy atom. The molecule has 0 radical (unpaired) electrons. The molecule has 0 heterocycles. The van der Waals surface area contributed by atoms with Crippen LogP contribution in [-0.4, -0.2) is 6.21 Å². The molecule has 0 aromatic heterocycles. The van der Waals surface area contributed by atoms with Crippen LogP contribution in [0.15, 0.2) is 71.7 Å². The monoisotopic (exact) mass is 349 g/mol. The Morgan fingerprint density at radius 2 is 1.72 bits per heavy atom. The second kappa shape index (κ2) is 8.00. The first-order chi connectivity index (χ1) is 12.1. The Balaban J connectivity index is 1.80. The van der Waals surface area contributed by atoms with Crippen molar-refractivity contribution in [3.8, 4) is 5.75 Å². The van der Waals surface area contributed by atoms with Crippen LogP contribution in [0.2, 0.25) is 5.02 Å². The molecule has 0 unspecified atom stereocenters. The van der Waals surface area contributed by atoms with Gasteiger partial charge >= 0.3 is 0 Å². The minimum absolute atomic E-state index is 0.507. The van der Waals surface area contributed by atoms with Gasteiger partial charge in [0.15, 0.2) is 0 Å². The Labute approximate surface area is 153 Å². The van der Waals surface area contributed by atoms with Crippen LogP contribution in [-0.2, 0) is 6.61 Å². The zero-order valence-corrected chi connectivity index (χ0v) is 15.1. The second-order valence-electron chi connectivity index (χ2n) is 6.00. The maximum atomic E-state index is 6.15. The third-order valence-corrected chi connectivity index (χ3v) is 4.18. The van der Waals surface area contributed by atoms with Crippen molar-refractivity contribution >= 4 is 23.5 Å². The molecular formula is C22H20ClNO. The molecule has 126 valence electrons. The molecule has 3 heteroatoms. The van der Waals surface area contributed by atoms with Crippen LogP contribution in [0.4, 0.5) is 5.69 Å². The minimum Gasteiger partial charge on any atom is -0.488 e. The molecule has 0 aliphatic rings. The fourth-order valence-electron chi connectivity index (χ4n) is 2.44. The summed E-state index contributed by atoms with van der Waals surface area (Å²) < 4.78 is 5.99. The SMILES string of the molecule is Cc1ccc(COc2ccc(Cl)cc2C=Nc2ccccc2C)cc1. The molecular weight excluding hydrogens is 330 g/mol. The summed E-state index contributed by atoms with van der Waals surface area (Å²) in [5.41, 5.74) is 5.29. The Kier molecular flexibility index (Phi) is 5.52. The Hall–Kier alpha value is -2.58.